The van der Waals surface area contributed by atoms with Gasteiger partial charge < -0.3 is 10.2 Å². The first kappa shape index (κ1) is 18.8. The zero-order valence-electron chi connectivity index (χ0n) is 15.1. The number of halogens is 1. The summed E-state index contributed by atoms with van der Waals surface area (Å²) in [5.74, 6) is -0.197. The highest BCUT2D eigenvalue weighted by atomic mass is 19.1. The first-order chi connectivity index (χ1) is 13.2. The Balaban J connectivity index is 1.60. The van der Waals surface area contributed by atoms with Gasteiger partial charge in [0.25, 0.3) is 0 Å². The maximum atomic E-state index is 13.7. The van der Waals surface area contributed by atoms with Gasteiger partial charge in [0.05, 0.1) is 6.54 Å². The fourth-order valence-corrected chi connectivity index (χ4v) is 2.89. The number of nitrogens with zero attached hydrogens (tertiary/aromatic N) is 1. The van der Waals surface area contributed by atoms with Gasteiger partial charge in [-0.25, -0.2) is 4.39 Å². The maximum Gasteiger partial charge on any atom is 0.228 e. The molecule has 27 heavy (non-hydrogen) atoms. The highest BCUT2D eigenvalue weighted by Gasteiger charge is 2.15. The fraction of sp³-hybridized carbons (Fsp3) is 0.174. The van der Waals surface area contributed by atoms with E-state index >= 15 is 0 Å². The number of rotatable bonds is 8. The van der Waals surface area contributed by atoms with Crippen LogP contribution >= 0.6 is 0 Å². The van der Waals surface area contributed by atoms with Crippen LogP contribution in [0.2, 0.25) is 0 Å². The van der Waals surface area contributed by atoms with Crippen LogP contribution in [0.25, 0.3) is 0 Å². The highest BCUT2D eigenvalue weighted by molar-refractivity contribution is 5.93. The molecule has 1 amide bonds. The average molecular weight is 362 g/mol. The van der Waals surface area contributed by atoms with Gasteiger partial charge in [0.15, 0.2) is 0 Å². The third-order valence-electron chi connectivity index (χ3n) is 4.34. The molecule has 0 saturated carbocycles. The number of nitrogens with one attached hydrogen (secondary N) is 1. The van der Waals surface area contributed by atoms with Crippen LogP contribution in [0.4, 0.5) is 10.1 Å². The molecule has 0 atom stereocenters. The number of amides is 1. The zero-order chi connectivity index (χ0) is 18.9. The summed E-state index contributed by atoms with van der Waals surface area (Å²) in [5, 5.41) is 3.16. The minimum absolute atomic E-state index is 0.0334. The van der Waals surface area contributed by atoms with E-state index < -0.39 is 0 Å². The van der Waals surface area contributed by atoms with Crippen LogP contribution in [0.5, 0.6) is 0 Å². The van der Waals surface area contributed by atoms with Crippen molar-refractivity contribution in [3.05, 3.63) is 102 Å². The monoisotopic (exact) mass is 362 g/mol. The van der Waals surface area contributed by atoms with Crippen LogP contribution in [0, 0.1) is 5.82 Å². The second-order valence-electron chi connectivity index (χ2n) is 6.32. The fourth-order valence-electron chi connectivity index (χ4n) is 2.89. The average Bonchev–Trinajstić information content (AvgIpc) is 2.72. The lowest BCUT2D eigenvalue weighted by Crippen LogP contribution is -2.32. The maximum absolute atomic E-state index is 13.7. The van der Waals surface area contributed by atoms with Gasteiger partial charge in [-0.15, -0.1) is 0 Å². The molecule has 3 nitrogen and oxygen atoms in total. The molecule has 0 unspecified atom stereocenters. The Morgan fingerprint density at radius 1 is 0.852 bits per heavy atom. The highest BCUT2D eigenvalue weighted by Crippen LogP contribution is 2.18. The number of anilines is 1. The summed E-state index contributed by atoms with van der Waals surface area (Å²) in [7, 11) is 0. The molecule has 1 N–H and O–H groups in total. The molecule has 0 saturated heterocycles. The number of carbonyl (C=O) groups is 1. The first-order valence-electron chi connectivity index (χ1n) is 9.07. The third-order valence-corrected chi connectivity index (χ3v) is 4.34. The summed E-state index contributed by atoms with van der Waals surface area (Å²) in [4.78, 5) is 14.6. The van der Waals surface area contributed by atoms with Crippen molar-refractivity contribution in [2.24, 2.45) is 0 Å². The van der Waals surface area contributed by atoms with Crippen LogP contribution in [-0.4, -0.2) is 12.5 Å². The van der Waals surface area contributed by atoms with Crippen molar-refractivity contribution in [1.82, 2.24) is 5.32 Å². The summed E-state index contributed by atoms with van der Waals surface area (Å²) in [6.07, 6.45) is 0.343. The van der Waals surface area contributed by atoms with Crippen LogP contribution in [-0.2, 0) is 17.9 Å². The Labute approximate surface area is 159 Å². The van der Waals surface area contributed by atoms with E-state index in [4.69, 9.17) is 0 Å². The number of para-hydroxylation sites is 1. The Bertz CT molecular complexity index is 853. The van der Waals surface area contributed by atoms with Crippen molar-refractivity contribution in [1.29, 1.82) is 0 Å². The Kier molecular flexibility index (Phi) is 6.72. The largest absolute Gasteiger partial charge is 0.312 e. The molecule has 0 radical (unpaired) electrons. The van der Waals surface area contributed by atoms with Gasteiger partial charge in [0.2, 0.25) is 5.91 Å². The van der Waals surface area contributed by atoms with E-state index in [0.29, 0.717) is 31.6 Å². The normalized spacial score (nSPS) is 10.6. The van der Waals surface area contributed by atoms with E-state index in [9.17, 15) is 9.18 Å². The second-order valence-corrected chi connectivity index (χ2v) is 6.32. The smallest absolute Gasteiger partial charge is 0.228 e. The quantitative estimate of drug-likeness (QED) is 0.597. The van der Waals surface area contributed by atoms with Crippen molar-refractivity contribution in [3.8, 4) is 0 Å². The van der Waals surface area contributed by atoms with Crippen molar-refractivity contribution in [3.63, 3.8) is 0 Å². The molecule has 0 fully saturated rings. The zero-order valence-corrected chi connectivity index (χ0v) is 15.1. The van der Waals surface area contributed by atoms with Gasteiger partial charge in [-0.3, -0.25) is 4.79 Å². The minimum atomic E-state index is -0.230. The van der Waals surface area contributed by atoms with E-state index in [0.717, 1.165) is 11.3 Å². The second kappa shape index (κ2) is 9.64. The van der Waals surface area contributed by atoms with Crippen LogP contribution in [0.3, 0.4) is 0 Å². The van der Waals surface area contributed by atoms with Crippen molar-refractivity contribution < 1.29 is 9.18 Å². The van der Waals surface area contributed by atoms with E-state index in [1.807, 2.05) is 66.7 Å². The molecule has 138 valence electrons. The molecule has 3 aromatic rings. The van der Waals surface area contributed by atoms with E-state index in [1.165, 1.54) is 6.07 Å². The number of carbonyl (C=O) groups excluding carboxylic acids is 1. The van der Waals surface area contributed by atoms with Gasteiger partial charge >= 0.3 is 0 Å². The Morgan fingerprint density at radius 3 is 2.19 bits per heavy atom. The lowest BCUT2D eigenvalue weighted by atomic mass is 10.1. The predicted molar refractivity (Wildman–Crippen MR) is 107 cm³/mol. The minimum Gasteiger partial charge on any atom is -0.312 e. The lowest BCUT2D eigenvalue weighted by Gasteiger charge is -2.23. The van der Waals surface area contributed by atoms with Crippen molar-refractivity contribution in [2.75, 3.05) is 11.4 Å². The van der Waals surface area contributed by atoms with E-state index in [2.05, 4.69) is 5.32 Å². The number of benzene rings is 3. The molecule has 0 aliphatic rings. The summed E-state index contributed by atoms with van der Waals surface area (Å²) < 4.78 is 13.7. The van der Waals surface area contributed by atoms with Crippen molar-refractivity contribution in [2.45, 2.75) is 19.5 Å². The van der Waals surface area contributed by atoms with Crippen LogP contribution in [0.15, 0.2) is 84.9 Å². The van der Waals surface area contributed by atoms with E-state index in [1.54, 1.807) is 17.0 Å². The van der Waals surface area contributed by atoms with Gasteiger partial charge in [-0.1, -0.05) is 66.7 Å². The Morgan fingerprint density at radius 2 is 1.48 bits per heavy atom. The number of hydrogen-bond acceptors (Lipinski definition) is 2. The van der Waals surface area contributed by atoms with Crippen molar-refractivity contribution >= 4 is 11.6 Å². The predicted octanol–water partition coefficient (Wildman–Crippen LogP) is 4.54. The molecule has 0 spiro atoms. The third kappa shape index (κ3) is 5.50. The lowest BCUT2D eigenvalue weighted by molar-refractivity contribution is -0.118. The molecule has 4 heteroatoms. The van der Waals surface area contributed by atoms with E-state index in [-0.39, 0.29) is 11.7 Å². The van der Waals surface area contributed by atoms with Gasteiger partial charge in [-0.2, -0.15) is 0 Å². The molecule has 3 rings (SSSR count). The standard InChI is InChI=1S/C23H23FN2O/c24-22-14-8-7-11-20(22)17-25-16-15-23(27)26(21-12-5-2-6-13-21)18-19-9-3-1-4-10-19/h1-14,25H,15-18H2. The SMILES string of the molecule is O=C(CCNCc1ccccc1F)N(Cc1ccccc1)c1ccccc1. The molecule has 0 aromatic heterocycles. The van der Waals surface area contributed by atoms with Gasteiger partial charge in [-0.05, 0) is 23.8 Å². The summed E-state index contributed by atoms with van der Waals surface area (Å²) in [6.45, 7) is 1.42. The summed E-state index contributed by atoms with van der Waals surface area (Å²) >= 11 is 0. The molecule has 0 aliphatic heterocycles. The molecule has 0 aliphatic carbocycles. The Hall–Kier alpha value is -2.98. The summed E-state index contributed by atoms with van der Waals surface area (Å²) in [5.41, 5.74) is 2.56. The van der Waals surface area contributed by atoms with Gasteiger partial charge in [0, 0.05) is 30.8 Å². The first-order valence-corrected chi connectivity index (χ1v) is 9.07. The van der Waals surface area contributed by atoms with Crippen LogP contribution < -0.4 is 10.2 Å². The van der Waals surface area contributed by atoms with Gasteiger partial charge in [0.1, 0.15) is 5.82 Å². The molecular formula is C23H23FN2O. The summed E-state index contributed by atoms with van der Waals surface area (Å²) in [6, 6.07) is 26.3. The topological polar surface area (TPSA) is 32.3 Å². The molecule has 0 bridgehead atoms. The number of hydrogen-bond donors (Lipinski definition) is 1. The molecular weight excluding hydrogens is 339 g/mol. The van der Waals surface area contributed by atoms with Crippen LogP contribution in [0.1, 0.15) is 17.5 Å². The molecule has 3 aromatic carbocycles. The molecule has 0 heterocycles.